The second-order valence-corrected chi connectivity index (χ2v) is 12.6. The van der Waals surface area contributed by atoms with E-state index < -0.39 is 22.2 Å². The molecule has 10 nitrogen and oxygen atoms in total. The first-order valence-corrected chi connectivity index (χ1v) is 15.1. The molecule has 3 aromatic rings. The lowest BCUT2D eigenvalue weighted by Gasteiger charge is -2.38. The van der Waals surface area contributed by atoms with Crippen LogP contribution in [-0.2, 0) is 21.2 Å². The second kappa shape index (κ2) is 13.4. The van der Waals surface area contributed by atoms with E-state index >= 15 is 0 Å². The molecule has 11 heteroatoms. The third-order valence-corrected chi connectivity index (χ3v) is 9.20. The van der Waals surface area contributed by atoms with Crippen molar-refractivity contribution in [1.29, 1.82) is 0 Å². The predicted octanol–water partition coefficient (Wildman–Crippen LogP) is 3.42. The van der Waals surface area contributed by atoms with Crippen LogP contribution in [-0.4, -0.2) is 80.5 Å². The van der Waals surface area contributed by atoms with Crippen LogP contribution in [0.2, 0.25) is 0 Å². The van der Waals surface area contributed by atoms with Gasteiger partial charge < -0.3 is 24.8 Å². The molecule has 0 spiro atoms. The van der Waals surface area contributed by atoms with E-state index in [1.807, 2.05) is 37.3 Å². The quantitative estimate of drug-likeness (QED) is 0.368. The monoisotopic (exact) mass is 595 g/mol. The zero-order valence-electron chi connectivity index (χ0n) is 24.2. The molecule has 0 aromatic heterocycles. The molecule has 0 fully saturated rings. The van der Waals surface area contributed by atoms with Crippen molar-refractivity contribution in [2.45, 2.75) is 37.3 Å². The molecule has 0 unspecified atom stereocenters. The van der Waals surface area contributed by atoms with Crippen LogP contribution in [0.5, 0.6) is 11.5 Å². The fourth-order valence-corrected chi connectivity index (χ4v) is 5.97. The van der Waals surface area contributed by atoms with Crippen LogP contribution in [0.1, 0.15) is 29.8 Å². The maximum absolute atomic E-state index is 13.7. The summed E-state index contributed by atoms with van der Waals surface area (Å²) in [5.41, 5.74) is 1.49. The van der Waals surface area contributed by atoms with Crippen LogP contribution in [0.4, 0.5) is 5.69 Å². The lowest BCUT2D eigenvalue weighted by Crippen LogP contribution is -2.50. The maximum atomic E-state index is 13.7. The van der Waals surface area contributed by atoms with Crippen molar-refractivity contribution in [2.24, 2.45) is 5.92 Å². The summed E-state index contributed by atoms with van der Waals surface area (Å²) in [6.07, 6.45) is -0.452. The molecule has 1 heterocycles. The Bertz CT molecular complexity index is 1500. The number of hydrogen-bond acceptors (Lipinski definition) is 7. The number of aliphatic hydroxyl groups excluding tert-OH is 1. The van der Waals surface area contributed by atoms with Crippen molar-refractivity contribution in [3.63, 3.8) is 0 Å². The smallest absolute Gasteiger partial charge is 0.258 e. The largest absolute Gasteiger partial charge is 0.497 e. The number of likely N-dealkylation sites (N-methyl/N-ethyl adjacent to an activating group) is 1. The lowest BCUT2D eigenvalue weighted by molar-refractivity contribution is -0.115. The Balaban J connectivity index is 1.61. The van der Waals surface area contributed by atoms with Crippen molar-refractivity contribution >= 4 is 27.5 Å². The average Bonchev–Trinajstić information content (AvgIpc) is 2.99. The number of nitrogens with one attached hydrogen (secondary N) is 1. The molecule has 3 atom stereocenters. The van der Waals surface area contributed by atoms with E-state index in [0.29, 0.717) is 11.4 Å². The van der Waals surface area contributed by atoms with Gasteiger partial charge in [0, 0.05) is 25.2 Å². The Morgan fingerprint density at radius 3 is 2.48 bits per heavy atom. The van der Waals surface area contributed by atoms with Gasteiger partial charge in [-0.2, -0.15) is 4.31 Å². The number of ether oxygens (including phenoxy) is 2. The van der Waals surface area contributed by atoms with Gasteiger partial charge in [-0.15, -0.1) is 0 Å². The Hall–Kier alpha value is -3.93. The summed E-state index contributed by atoms with van der Waals surface area (Å²) in [5, 5.41) is 12.8. The minimum absolute atomic E-state index is 0.0140. The van der Waals surface area contributed by atoms with Gasteiger partial charge in [0.05, 0.1) is 43.2 Å². The third kappa shape index (κ3) is 7.10. The number of amides is 2. The summed E-state index contributed by atoms with van der Waals surface area (Å²) < 4.78 is 39.4. The van der Waals surface area contributed by atoms with Crippen LogP contribution in [0, 0.1) is 5.92 Å². The highest BCUT2D eigenvalue weighted by molar-refractivity contribution is 7.89. The number of methoxy groups -OCH3 is 1. The summed E-state index contributed by atoms with van der Waals surface area (Å²) >= 11 is 0. The predicted molar refractivity (Wildman–Crippen MR) is 159 cm³/mol. The fourth-order valence-electron chi connectivity index (χ4n) is 4.78. The van der Waals surface area contributed by atoms with Crippen LogP contribution >= 0.6 is 0 Å². The topological polar surface area (TPSA) is 125 Å². The first-order chi connectivity index (χ1) is 20.0. The van der Waals surface area contributed by atoms with Gasteiger partial charge in [0.15, 0.2) is 0 Å². The molecule has 4 rings (SSSR count). The number of fused-ring (bicyclic) bond motifs is 1. The van der Waals surface area contributed by atoms with Crippen molar-refractivity contribution in [1.82, 2.24) is 9.21 Å². The zero-order valence-corrected chi connectivity index (χ0v) is 25.0. The first-order valence-electron chi connectivity index (χ1n) is 13.7. The van der Waals surface area contributed by atoms with Gasteiger partial charge in [-0.1, -0.05) is 37.3 Å². The van der Waals surface area contributed by atoms with E-state index in [4.69, 9.17) is 9.47 Å². The number of aliphatic hydroxyl groups is 1. The summed E-state index contributed by atoms with van der Waals surface area (Å²) in [4.78, 5) is 28.1. The highest BCUT2D eigenvalue weighted by atomic mass is 32.2. The summed E-state index contributed by atoms with van der Waals surface area (Å²) in [6.45, 7) is 3.61. The summed E-state index contributed by atoms with van der Waals surface area (Å²) in [7, 11) is -0.853. The molecular formula is C31H37N3O7S. The standard InChI is InChI=1S/C31H37N3O7S/c1-21-18-34(22(2)20-35)31(37)27-17-24(32-30(36)16-23-8-6-5-7-9-23)10-15-28(27)41-29(21)19-33(3)42(38,39)26-13-11-25(40-4)12-14-26/h5-15,17,21-22,29,35H,16,18-20H2,1-4H3,(H,32,36)/t21-,22+,29-/m0/s1. The van der Waals surface area contributed by atoms with E-state index in [2.05, 4.69) is 5.32 Å². The number of hydrogen-bond donors (Lipinski definition) is 2. The molecule has 0 saturated carbocycles. The van der Waals surface area contributed by atoms with E-state index in [1.165, 1.54) is 30.6 Å². The van der Waals surface area contributed by atoms with E-state index in [-0.39, 0.29) is 60.1 Å². The Morgan fingerprint density at radius 2 is 1.83 bits per heavy atom. The number of benzene rings is 3. The average molecular weight is 596 g/mol. The third-order valence-electron chi connectivity index (χ3n) is 7.36. The van der Waals surface area contributed by atoms with Gasteiger partial charge in [0.25, 0.3) is 5.91 Å². The van der Waals surface area contributed by atoms with Gasteiger partial charge in [0.1, 0.15) is 17.6 Å². The van der Waals surface area contributed by atoms with Gasteiger partial charge in [-0.25, -0.2) is 8.42 Å². The Labute approximate surface area is 246 Å². The molecule has 1 aliphatic heterocycles. The van der Waals surface area contributed by atoms with Crippen LogP contribution in [0.3, 0.4) is 0 Å². The SMILES string of the molecule is COc1ccc(S(=O)(=O)N(C)C[C@@H]2Oc3ccc(NC(=O)Cc4ccccc4)cc3C(=O)N([C@H](C)CO)C[C@@H]2C)cc1. The lowest BCUT2D eigenvalue weighted by atomic mass is 9.99. The van der Waals surface area contributed by atoms with Gasteiger partial charge >= 0.3 is 0 Å². The molecule has 42 heavy (non-hydrogen) atoms. The molecule has 0 bridgehead atoms. The zero-order chi connectivity index (χ0) is 30.4. The summed E-state index contributed by atoms with van der Waals surface area (Å²) in [5.74, 6) is -0.0607. The van der Waals surface area contributed by atoms with Gasteiger partial charge in [-0.3, -0.25) is 9.59 Å². The fraction of sp³-hybridized carbons (Fsp3) is 0.355. The number of carbonyl (C=O) groups excluding carboxylic acids is 2. The molecule has 2 amide bonds. The molecular weight excluding hydrogens is 558 g/mol. The molecule has 2 N–H and O–H groups in total. The normalized spacial score (nSPS) is 18.0. The number of anilines is 1. The van der Waals surface area contributed by atoms with E-state index in [0.717, 1.165) is 5.56 Å². The van der Waals surface area contributed by atoms with Crippen molar-refractivity contribution in [2.75, 3.05) is 39.2 Å². The van der Waals surface area contributed by atoms with Gasteiger partial charge in [0.2, 0.25) is 15.9 Å². The van der Waals surface area contributed by atoms with E-state index in [9.17, 15) is 23.1 Å². The van der Waals surface area contributed by atoms with Gasteiger partial charge in [-0.05, 0) is 55.0 Å². The van der Waals surface area contributed by atoms with Crippen LogP contribution in [0.15, 0.2) is 77.7 Å². The number of carbonyl (C=O) groups is 2. The molecule has 224 valence electrons. The Morgan fingerprint density at radius 1 is 1.14 bits per heavy atom. The molecule has 3 aromatic carbocycles. The maximum Gasteiger partial charge on any atom is 0.258 e. The van der Waals surface area contributed by atoms with E-state index in [1.54, 1.807) is 42.2 Å². The molecule has 0 saturated heterocycles. The minimum atomic E-state index is -3.85. The number of sulfonamides is 1. The second-order valence-electron chi connectivity index (χ2n) is 10.5. The molecule has 0 aliphatic carbocycles. The van der Waals surface area contributed by atoms with Crippen LogP contribution < -0.4 is 14.8 Å². The summed E-state index contributed by atoms with van der Waals surface area (Å²) in [6, 6.07) is 19.8. The van der Waals surface area contributed by atoms with Crippen molar-refractivity contribution in [3.05, 3.63) is 83.9 Å². The van der Waals surface area contributed by atoms with Crippen LogP contribution in [0.25, 0.3) is 0 Å². The minimum Gasteiger partial charge on any atom is -0.497 e. The molecule has 0 radical (unpaired) electrons. The number of rotatable bonds is 10. The highest BCUT2D eigenvalue weighted by Crippen LogP contribution is 2.31. The first kappa shape index (κ1) is 31.0. The molecule has 1 aliphatic rings. The van der Waals surface area contributed by atoms with Crippen molar-refractivity contribution < 1.29 is 32.6 Å². The Kier molecular flexibility index (Phi) is 9.87. The number of nitrogens with zero attached hydrogens (tertiary/aromatic N) is 2. The van der Waals surface area contributed by atoms with Crippen molar-refractivity contribution in [3.8, 4) is 11.5 Å². The highest BCUT2D eigenvalue weighted by Gasteiger charge is 2.35.